The number of rotatable bonds is 5. The van der Waals surface area contributed by atoms with Gasteiger partial charge in [-0.15, -0.1) is 11.8 Å². The number of carbonyl (C=O) groups excluding carboxylic acids is 1. The highest BCUT2D eigenvalue weighted by atomic mass is 32.2. The maximum Gasteiger partial charge on any atom is 0.323 e. The van der Waals surface area contributed by atoms with Crippen molar-refractivity contribution in [3.05, 3.63) is 11.8 Å². The van der Waals surface area contributed by atoms with Crippen LogP contribution in [0.25, 0.3) is 0 Å². The molecule has 6 heteroatoms. The van der Waals surface area contributed by atoms with Crippen LogP contribution in [0.5, 0.6) is 0 Å². The van der Waals surface area contributed by atoms with E-state index in [1.807, 2.05) is 20.0 Å². The van der Waals surface area contributed by atoms with Crippen molar-refractivity contribution < 1.29 is 9.53 Å². The molecule has 1 aromatic rings. The van der Waals surface area contributed by atoms with Crippen LogP contribution in [-0.2, 0) is 16.6 Å². The summed E-state index contributed by atoms with van der Waals surface area (Å²) in [6, 6.07) is 1.38. The molecule has 0 aliphatic heterocycles. The van der Waals surface area contributed by atoms with E-state index in [1.165, 1.54) is 11.8 Å². The largest absolute Gasteiger partial charge is 0.465 e. The summed E-state index contributed by atoms with van der Waals surface area (Å²) in [6.45, 7) is 4.06. The molecule has 1 heterocycles. The van der Waals surface area contributed by atoms with Crippen LogP contribution in [0.2, 0.25) is 0 Å². The Hall–Kier alpha value is -1.01. The number of nitrogens with two attached hydrogens (primary N) is 1. The predicted molar refractivity (Wildman–Crippen MR) is 63.3 cm³/mol. The van der Waals surface area contributed by atoms with Crippen LogP contribution >= 0.6 is 11.8 Å². The second-order valence-electron chi connectivity index (χ2n) is 3.42. The van der Waals surface area contributed by atoms with Gasteiger partial charge in [-0.05, 0) is 19.9 Å². The summed E-state index contributed by atoms with van der Waals surface area (Å²) in [4.78, 5) is 11.3. The van der Waals surface area contributed by atoms with E-state index < -0.39 is 6.04 Å². The van der Waals surface area contributed by atoms with Gasteiger partial charge in [0, 0.05) is 12.8 Å². The Morgan fingerprint density at radius 2 is 2.44 bits per heavy atom. The molecule has 0 saturated carbocycles. The number of nitrogens with zero attached hydrogens (tertiary/aromatic N) is 2. The van der Waals surface area contributed by atoms with Gasteiger partial charge >= 0.3 is 5.97 Å². The third-order valence-corrected chi connectivity index (χ3v) is 3.16. The van der Waals surface area contributed by atoms with Gasteiger partial charge in [0.15, 0.2) is 0 Å². The van der Waals surface area contributed by atoms with Crippen molar-refractivity contribution in [2.75, 3.05) is 12.4 Å². The van der Waals surface area contributed by atoms with Gasteiger partial charge in [0.05, 0.1) is 17.3 Å². The Morgan fingerprint density at radius 3 is 2.94 bits per heavy atom. The molecule has 5 nitrogen and oxygen atoms in total. The quantitative estimate of drug-likeness (QED) is 0.609. The van der Waals surface area contributed by atoms with Gasteiger partial charge in [0.1, 0.15) is 6.04 Å². The Morgan fingerprint density at radius 1 is 1.75 bits per heavy atom. The number of ether oxygens (including phenoxy) is 1. The summed E-state index contributed by atoms with van der Waals surface area (Å²) >= 11 is 1.50. The minimum atomic E-state index is -0.583. The highest BCUT2D eigenvalue weighted by molar-refractivity contribution is 7.99. The van der Waals surface area contributed by atoms with Crippen LogP contribution < -0.4 is 5.73 Å². The minimum absolute atomic E-state index is 0.353. The van der Waals surface area contributed by atoms with E-state index >= 15 is 0 Å². The Labute approximate surface area is 99.3 Å². The van der Waals surface area contributed by atoms with Crippen LogP contribution in [0.1, 0.15) is 12.6 Å². The van der Waals surface area contributed by atoms with Crippen LogP contribution in [0.15, 0.2) is 11.1 Å². The Balaban J connectivity index is 2.45. The molecule has 16 heavy (non-hydrogen) atoms. The van der Waals surface area contributed by atoms with Crippen molar-refractivity contribution in [3.63, 3.8) is 0 Å². The van der Waals surface area contributed by atoms with Crippen molar-refractivity contribution in [1.82, 2.24) is 9.78 Å². The van der Waals surface area contributed by atoms with E-state index in [9.17, 15) is 4.79 Å². The second kappa shape index (κ2) is 5.91. The normalized spacial score (nSPS) is 12.5. The van der Waals surface area contributed by atoms with Crippen molar-refractivity contribution in [2.45, 2.75) is 24.9 Å². The van der Waals surface area contributed by atoms with Crippen LogP contribution in [0.3, 0.4) is 0 Å². The molecule has 90 valence electrons. The molecule has 0 bridgehead atoms. The minimum Gasteiger partial charge on any atom is -0.465 e. The molecule has 0 fully saturated rings. The topological polar surface area (TPSA) is 70.1 Å². The molecule has 1 unspecified atom stereocenters. The fourth-order valence-corrected chi connectivity index (χ4v) is 2.18. The molecular weight excluding hydrogens is 226 g/mol. The Bertz CT molecular complexity index is 365. The zero-order valence-electron chi connectivity index (χ0n) is 9.77. The number of hydrogen-bond donors (Lipinski definition) is 1. The first-order valence-electron chi connectivity index (χ1n) is 5.10. The molecule has 0 radical (unpaired) electrons. The lowest BCUT2D eigenvalue weighted by Crippen LogP contribution is -2.34. The van der Waals surface area contributed by atoms with Gasteiger partial charge in [-0.25, -0.2) is 0 Å². The number of aryl methyl sites for hydroxylation is 2. The van der Waals surface area contributed by atoms with Gasteiger partial charge in [0.25, 0.3) is 0 Å². The SMILES string of the molecule is CCOC(=O)C(N)CSc1cc(C)nn1C. The zero-order chi connectivity index (χ0) is 12.1. The Kier molecular flexibility index (Phi) is 4.82. The highest BCUT2D eigenvalue weighted by Crippen LogP contribution is 2.18. The first-order valence-corrected chi connectivity index (χ1v) is 6.08. The lowest BCUT2D eigenvalue weighted by atomic mass is 10.4. The summed E-state index contributed by atoms with van der Waals surface area (Å²) < 4.78 is 6.60. The zero-order valence-corrected chi connectivity index (χ0v) is 10.6. The molecule has 0 saturated heterocycles. The van der Waals surface area contributed by atoms with Crippen molar-refractivity contribution >= 4 is 17.7 Å². The maximum atomic E-state index is 11.3. The summed E-state index contributed by atoms with van der Waals surface area (Å²) in [5, 5.41) is 5.21. The highest BCUT2D eigenvalue weighted by Gasteiger charge is 2.15. The van der Waals surface area contributed by atoms with E-state index in [0.29, 0.717) is 12.4 Å². The van der Waals surface area contributed by atoms with E-state index in [-0.39, 0.29) is 5.97 Å². The van der Waals surface area contributed by atoms with Crippen LogP contribution in [0, 0.1) is 6.92 Å². The van der Waals surface area contributed by atoms with E-state index in [4.69, 9.17) is 10.5 Å². The van der Waals surface area contributed by atoms with Gasteiger partial charge in [-0.3, -0.25) is 9.48 Å². The molecule has 0 amide bonds. The molecule has 2 N–H and O–H groups in total. The van der Waals surface area contributed by atoms with Crippen molar-refractivity contribution in [2.24, 2.45) is 12.8 Å². The number of thioether (sulfide) groups is 1. The molecular formula is C10H17N3O2S. The first kappa shape index (κ1) is 13.1. The predicted octanol–water partition coefficient (Wildman–Crippen LogP) is 0.711. The molecule has 1 aromatic heterocycles. The molecule has 0 aromatic carbocycles. The van der Waals surface area contributed by atoms with Crippen LogP contribution in [0.4, 0.5) is 0 Å². The third kappa shape index (κ3) is 3.53. The molecule has 1 rings (SSSR count). The van der Waals surface area contributed by atoms with Gasteiger partial charge in [-0.2, -0.15) is 5.10 Å². The van der Waals surface area contributed by atoms with Crippen molar-refractivity contribution in [3.8, 4) is 0 Å². The smallest absolute Gasteiger partial charge is 0.323 e. The number of hydrogen-bond acceptors (Lipinski definition) is 5. The lowest BCUT2D eigenvalue weighted by Gasteiger charge is -2.09. The van der Waals surface area contributed by atoms with Gasteiger partial charge in [0.2, 0.25) is 0 Å². The average Bonchev–Trinajstić information content (AvgIpc) is 2.54. The van der Waals surface area contributed by atoms with Gasteiger partial charge in [-0.1, -0.05) is 0 Å². The van der Waals surface area contributed by atoms with E-state index in [0.717, 1.165) is 10.7 Å². The summed E-state index contributed by atoms with van der Waals surface area (Å²) in [7, 11) is 1.87. The van der Waals surface area contributed by atoms with E-state index in [1.54, 1.807) is 11.6 Å². The summed E-state index contributed by atoms with van der Waals surface area (Å²) in [6.07, 6.45) is 0. The second-order valence-corrected chi connectivity index (χ2v) is 4.46. The maximum absolute atomic E-state index is 11.3. The average molecular weight is 243 g/mol. The molecule has 0 aliphatic carbocycles. The molecule has 0 spiro atoms. The standard InChI is InChI=1S/C10H17N3O2S/c1-4-15-10(14)8(11)6-16-9-5-7(2)12-13(9)3/h5,8H,4,6,11H2,1-3H3. The fourth-order valence-electron chi connectivity index (χ4n) is 1.21. The number of esters is 1. The first-order chi connectivity index (χ1) is 7.54. The number of carbonyl (C=O) groups is 1. The molecule has 1 atom stereocenters. The lowest BCUT2D eigenvalue weighted by molar-refractivity contribution is -0.144. The summed E-state index contributed by atoms with van der Waals surface area (Å²) in [5.74, 6) is 0.145. The van der Waals surface area contributed by atoms with E-state index in [2.05, 4.69) is 5.10 Å². The molecule has 0 aliphatic rings. The van der Waals surface area contributed by atoms with Crippen LogP contribution in [-0.4, -0.2) is 34.2 Å². The summed E-state index contributed by atoms with van der Waals surface area (Å²) in [5.41, 5.74) is 6.64. The van der Waals surface area contributed by atoms with Crippen molar-refractivity contribution in [1.29, 1.82) is 0 Å². The monoisotopic (exact) mass is 243 g/mol. The fraction of sp³-hybridized carbons (Fsp3) is 0.600. The third-order valence-electron chi connectivity index (χ3n) is 1.96. The number of aromatic nitrogens is 2. The van der Waals surface area contributed by atoms with Gasteiger partial charge < -0.3 is 10.5 Å².